The molecule has 0 aromatic heterocycles. The highest BCUT2D eigenvalue weighted by Crippen LogP contribution is 2.37. The lowest BCUT2D eigenvalue weighted by Gasteiger charge is -2.24. The number of hydrogen-bond donors (Lipinski definition) is 1. The fraction of sp³-hybridized carbons (Fsp3) is 0.316. The maximum absolute atomic E-state index is 13.0. The van der Waals surface area contributed by atoms with Crippen molar-refractivity contribution in [1.82, 2.24) is 5.32 Å². The first kappa shape index (κ1) is 17.5. The standard InChI is InChI=1S/C19H22N2O3S/c1-13(2)20-19(22)15-9-10-18-16(12-15)11-14(3)21(18)25(23,24)17-7-5-4-6-8-17/h4-10,12-14H,11H2,1-3H3,(H,20,22)/t14-/m0/s1. The molecule has 1 atom stereocenters. The van der Waals surface area contributed by atoms with E-state index in [1.165, 1.54) is 4.31 Å². The monoisotopic (exact) mass is 358 g/mol. The molecule has 1 amide bonds. The summed E-state index contributed by atoms with van der Waals surface area (Å²) in [6.07, 6.45) is 0.587. The van der Waals surface area contributed by atoms with Crippen LogP contribution in [-0.4, -0.2) is 26.4 Å². The molecule has 1 heterocycles. The van der Waals surface area contributed by atoms with Gasteiger partial charge in [0.1, 0.15) is 0 Å². The van der Waals surface area contributed by atoms with Crippen LogP contribution in [0.3, 0.4) is 0 Å². The SMILES string of the molecule is CC(C)NC(=O)c1ccc2c(c1)C[C@H](C)N2S(=O)(=O)c1ccccc1. The number of benzene rings is 2. The lowest BCUT2D eigenvalue weighted by molar-refractivity contribution is 0.0943. The van der Waals surface area contributed by atoms with E-state index in [4.69, 9.17) is 0 Å². The molecule has 0 bridgehead atoms. The molecule has 2 aromatic carbocycles. The molecule has 0 saturated heterocycles. The zero-order valence-electron chi connectivity index (χ0n) is 14.6. The Kier molecular flexibility index (Phi) is 4.56. The molecular weight excluding hydrogens is 336 g/mol. The third-order valence-corrected chi connectivity index (χ3v) is 6.16. The fourth-order valence-corrected chi connectivity index (χ4v) is 4.88. The number of nitrogens with zero attached hydrogens (tertiary/aromatic N) is 1. The average molecular weight is 358 g/mol. The van der Waals surface area contributed by atoms with E-state index in [0.717, 1.165) is 5.56 Å². The van der Waals surface area contributed by atoms with Crippen molar-refractivity contribution in [1.29, 1.82) is 0 Å². The van der Waals surface area contributed by atoms with Gasteiger partial charge >= 0.3 is 0 Å². The average Bonchev–Trinajstić information content (AvgIpc) is 2.90. The summed E-state index contributed by atoms with van der Waals surface area (Å²) < 4.78 is 27.5. The van der Waals surface area contributed by atoms with E-state index < -0.39 is 10.0 Å². The molecule has 132 valence electrons. The van der Waals surface area contributed by atoms with E-state index in [1.807, 2.05) is 20.8 Å². The van der Waals surface area contributed by atoms with Crippen LogP contribution in [0.4, 0.5) is 5.69 Å². The van der Waals surface area contributed by atoms with Gasteiger partial charge in [-0.05, 0) is 63.1 Å². The van der Waals surface area contributed by atoms with Gasteiger partial charge in [0.05, 0.1) is 10.6 Å². The molecule has 25 heavy (non-hydrogen) atoms. The number of hydrogen-bond acceptors (Lipinski definition) is 3. The number of fused-ring (bicyclic) bond motifs is 1. The van der Waals surface area contributed by atoms with Gasteiger partial charge in [-0.2, -0.15) is 0 Å². The van der Waals surface area contributed by atoms with Crippen molar-refractivity contribution in [2.75, 3.05) is 4.31 Å². The van der Waals surface area contributed by atoms with Crippen LogP contribution in [0.1, 0.15) is 36.7 Å². The summed E-state index contributed by atoms with van der Waals surface area (Å²) in [6.45, 7) is 5.69. The van der Waals surface area contributed by atoms with Crippen molar-refractivity contribution < 1.29 is 13.2 Å². The van der Waals surface area contributed by atoms with Gasteiger partial charge in [0.25, 0.3) is 15.9 Å². The molecule has 0 saturated carbocycles. The second-order valence-corrected chi connectivity index (χ2v) is 8.45. The van der Waals surface area contributed by atoms with Crippen LogP contribution in [0.5, 0.6) is 0 Å². The predicted molar refractivity (Wildman–Crippen MR) is 98.3 cm³/mol. The Morgan fingerprint density at radius 2 is 1.84 bits per heavy atom. The van der Waals surface area contributed by atoms with Gasteiger partial charge in [0, 0.05) is 17.6 Å². The maximum atomic E-state index is 13.0. The first-order valence-corrected chi connectivity index (χ1v) is 9.78. The highest BCUT2D eigenvalue weighted by Gasteiger charge is 2.36. The van der Waals surface area contributed by atoms with E-state index in [0.29, 0.717) is 17.7 Å². The molecule has 0 radical (unpaired) electrons. The number of nitrogens with one attached hydrogen (secondary N) is 1. The molecule has 5 nitrogen and oxygen atoms in total. The lowest BCUT2D eigenvalue weighted by Crippen LogP contribution is -2.35. The maximum Gasteiger partial charge on any atom is 0.264 e. The normalized spacial score (nSPS) is 16.8. The topological polar surface area (TPSA) is 66.5 Å². The van der Waals surface area contributed by atoms with Crippen LogP contribution in [0.25, 0.3) is 0 Å². The van der Waals surface area contributed by atoms with Crippen molar-refractivity contribution in [3.63, 3.8) is 0 Å². The van der Waals surface area contributed by atoms with Crippen LogP contribution < -0.4 is 9.62 Å². The van der Waals surface area contributed by atoms with E-state index in [1.54, 1.807) is 48.5 Å². The number of sulfonamides is 1. The largest absolute Gasteiger partial charge is 0.350 e. The molecule has 0 unspecified atom stereocenters. The van der Waals surface area contributed by atoms with Crippen LogP contribution in [-0.2, 0) is 16.4 Å². The van der Waals surface area contributed by atoms with Gasteiger partial charge in [-0.15, -0.1) is 0 Å². The van der Waals surface area contributed by atoms with E-state index >= 15 is 0 Å². The van der Waals surface area contributed by atoms with Gasteiger partial charge < -0.3 is 5.32 Å². The number of amides is 1. The molecule has 2 aromatic rings. The van der Waals surface area contributed by atoms with Crippen molar-refractivity contribution in [2.24, 2.45) is 0 Å². The van der Waals surface area contributed by atoms with Crippen LogP contribution in [0, 0.1) is 0 Å². The van der Waals surface area contributed by atoms with Crippen molar-refractivity contribution in [3.05, 3.63) is 59.7 Å². The van der Waals surface area contributed by atoms with E-state index in [9.17, 15) is 13.2 Å². The molecular formula is C19H22N2O3S. The van der Waals surface area contributed by atoms with Gasteiger partial charge in [-0.3, -0.25) is 9.10 Å². The quantitative estimate of drug-likeness (QED) is 0.914. The fourth-order valence-electron chi connectivity index (χ4n) is 3.16. The third-order valence-electron chi connectivity index (χ3n) is 4.21. The third kappa shape index (κ3) is 3.26. The van der Waals surface area contributed by atoms with Gasteiger partial charge in [-0.25, -0.2) is 8.42 Å². The van der Waals surface area contributed by atoms with Gasteiger partial charge in [0.2, 0.25) is 0 Å². The Balaban J connectivity index is 1.98. The van der Waals surface area contributed by atoms with Gasteiger partial charge in [0.15, 0.2) is 0 Å². The Hall–Kier alpha value is -2.34. The summed E-state index contributed by atoms with van der Waals surface area (Å²) in [7, 11) is -3.62. The first-order chi connectivity index (χ1) is 11.8. The Labute approximate surface area is 148 Å². The molecule has 0 aliphatic carbocycles. The zero-order valence-corrected chi connectivity index (χ0v) is 15.4. The van der Waals surface area contributed by atoms with Crippen LogP contribution in [0.2, 0.25) is 0 Å². The van der Waals surface area contributed by atoms with Crippen molar-refractivity contribution in [2.45, 2.75) is 44.2 Å². The van der Waals surface area contributed by atoms with E-state index in [2.05, 4.69) is 5.32 Å². The molecule has 1 N–H and O–H groups in total. The second-order valence-electron chi connectivity index (χ2n) is 6.64. The molecule has 3 rings (SSSR count). The Morgan fingerprint density at radius 3 is 2.48 bits per heavy atom. The van der Waals surface area contributed by atoms with Crippen LogP contribution >= 0.6 is 0 Å². The molecule has 1 aliphatic heterocycles. The smallest absolute Gasteiger partial charge is 0.264 e. The highest BCUT2D eigenvalue weighted by molar-refractivity contribution is 7.92. The summed E-state index contributed by atoms with van der Waals surface area (Å²) in [5, 5.41) is 2.86. The Morgan fingerprint density at radius 1 is 1.16 bits per heavy atom. The Bertz CT molecular complexity index is 892. The van der Waals surface area contributed by atoms with Crippen molar-refractivity contribution in [3.8, 4) is 0 Å². The summed E-state index contributed by atoms with van der Waals surface area (Å²) in [6, 6.07) is 13.5. The number of carbonyl (C=O) groups is 1. The number of rotatable bonds is 4. The zero-order chi connectivity index (χ0) is 18.2. The minimum atomic E-state index is -3.62. The minimum Gasteiger partial charge on any atom is -0.350 e. The lowest BCUT2D eigenvalue weighted by atomic mass is 10.1. The number of anilines is 1. The summed E-state index contributed by atoms with van der Waals surface area (Å²) in [5.74, 6) is -0.144. The molecule has 0 spiro atoms. The predicted octanol–water partition coefficient (Wildman–Crippen LogP) is 2.96. The summed E-state index contributed by atoms with van der Waals surface area (Å²) in [5.41, 5.74) is 2.08. The van der Waals surface area contributed by atoms with Gasteiger partial charge in [-0.1, -0.05) is 18.2 Å². The van der Waals surface area contributed by atoms with E-state index in [-0.39, 0.29) is 22.9 Å². The summed E-state index contributed by atoms with van der Waals surface area (Å²) >= 11 is 0. The summed E-state index contributed by atoms with van der Waals surface area (Å²) in [4.78, 5) is 12.5. The molecule has 6 heteroatoms. The van der Waals surface area contributed by atoms with Crippen molar-refractivity contribution >= 4 is 21.6 Å². The first-order valence-electron chi connectivity index (χ1n) is 8.34. The minimum absolute atomic E-state index is 0.0506. The molecule has 0 fully saturated rings. The van der Waals surface area contributed by atoms with Crippen LogP contribution in [0.15, 0.2) is 53.4 Å². The molecule has 1 aliphatic rings. The number of carbonyl (C=O) groups excluding carboxylic acids is 1. The second kappa shape index (κ2) is 6.52. The highest BCUT2D eigenvalue weighted by atomic mass is 32.2.